The van der Waals surface area contributed by atoms with Crippen LogP contribution in [0.15, 0.2) is 36.4 Å². The van der Waals surface area contributed by atoms with Crippen molar-refractivity contribution in [1.29, 1.82) is 0 Å². The van der Waals surface area contributed by atoms with Crippen molar-refractivity contribution in [2.75, 3.05) is 5.32 Å². The first-order chi connectivity index (χ1) is 13.5. The Morgan fingerprint density at radius 3 is 2.48 bits per heavy atom. The van der Waals surface area contributed by atoms with Gasteiger partial charge in [0.2, 0.25) is 5.54 Å². The minimum Gasteiger partial charge on any atom is -0.323 e. The Morgan fingerprint density at radius 1 is 1.07 bits per heavy atom. The summed E-state index contributed by atoms with van der Waals surface area (Å²) in [6, 6.07) is 4.71. The van der Waals surface area contributed by atoms with Gasteiger partial charge in [0.15, 0.2) is 0 Å². The second-order valence-corrected chi connectivity index (χ2v) is 6.93. The summed E-state index contributed by atoms with van der Waals surface area (Å²) in [5, 5.41) is 4.54. The molecule has 4 rings (SSSR count). The van der Waals surface area contributed by atoms with Gasteiger partial charge < -0.3 is 10.6 Å². The summed E-state index contributed by atoms with van der Waals surface area (Å²) in [5.41, 5.74) is -3.28. The zero-order valence-corrected chi connectivity index (χ0v) is 15.0. The molecule has 2 aromatic rings. The lowest BCUT2D eigenvalue weighted by atomic mass is 9.91. The van der Waals surface area contributed by atoms with Crippen LogP contribution in [0.2, 0.25) is 5.02 Å². The van der Waals surface area contributed by atoms with Crippen molar-refractivity contribution in [3.8, 4) is 0 Å². The first kappa shape index (κ1) is 19.2. The van der Waals surface area contributed by atoms with Crippen LogP contribution < -0.4 is 10.6 Å². The minimum atomic E-state index is -4.65. The number of halogens is 5. The van der Waals surface area contributed by atoms with Gasteiger partial charge in [0.1, 0.15) is 5.82 Å². The smallest absolute Gasteiger partial charge is 0.323 e. The van der Waals surface area contributed by atoms with Gasteiger partial charge in [-0.1, -0.05) is 11.6 Å². The Morgan fingerprint density at radius 2 is 1.79 bits per heavy atom. The van der Waals surface area contributed by atoms with Crippen LogP contribution in [-0.2, 0) is 27.8 Å². The quantitative estimate of drug-likeness (QED) is 0.438. The maximum Gasteiger partial charge on any atom is 0.416 e. The third-order valence-electron chi connectivity index (χ3n) is 4.78. The number of rotatable bonds is 2. The zero-order chi connectivity index (χ0) is 21.1. The molecular weight excluding hydrogens is 418 g/mol. The van der Waals surface area contributed by atoms with Crippen LogP contribution in [0.3, 0.4) is 0 Å². The number of fused-ring (bicyclic) bond motifs is 2. The van der Waals surface area contributed by atoms with E-state index in [4.69, 9.17) is 11.6 Å². The summed E-state index contributed by atoms with van der Waals surface area (Å²) >= 11 is 5.94. The molecule has 0 aromatic heterocycles. The monoisotopic (exact) mass is 427 g/mol. The summed E-state index contributed by atoms with van der Waals surface area (Å²) in [5.74, 6) is -2.67. The average molecular weight is 428 g/mol. The topological polar surface area (TPSA) is 78.5 Å². The number of nitrogens with zero attached hydrogens (tertiary/aromatic N) is 1. The molecule has 11 heteroatoms. The molecule has 2 aliphatic rings. The lowest BCUT2D eigenvalue weighted by molar-refractivity contribution is -0.138. The molecule has 2 heterocycles. The molecule has 29 heavy (non-hydrogen) atoms. The van der Waals surface area contributed by atoms with Crippen LogP contribution in [0.4, 0.5) is 28.0 Å². The maximum absolute atomic E-state index is 13.7. The van der Waals surface area contributed by atoms with E-state index >= 15 is 0 Å². The number of amides is 4. The SMILES string of the molecule is O=C1N[C@]2(C(=O)Nc3ccc(F)cc32)C(=O)N1Cc1cc(C(F)(F)F)ccc1Cl. The summed E-state index contributed by atoms with van der Waals surface area (Å²) in [6.45, 7) is -0.604. The Labute approximate surface area is 165 Å². The molecule has 2 N–H and O–H groups in total. The highest BCUT2D eigenvalue weighted by Crippen LogP contribution is 2.41. The lowest BCUT2D eigenvalue weighted by Gasteiger charge is -2.20. The number of nitrogens with one attached hydrogen (secondary N) is 2. The average Bonchev–Trinajstić information content (AvgIpc) is 3.05. The molecule has 0 unspecified atom stereocenters. The van der Waals surface area contributed by atoms with Crippen molar-refractivity contribution in [2.45, 2.75) is 18.3 Å². The van der Waals surface area contributed by atoms with Crippen molar-refractivity contribution < 1.29 is 31.9 Å². The predicted molar refractivity (Wildman–Crippen MR) is 92.2 cm³/mol. The number of carbonyl (C=O) groups excluding carboxylic acids is 3. The third kappa shape index (κ3) is 2.82. The standard InChI is InChI=1S/C18H10ClF4N3O3/c19-12-3-1-9(18(21,22)23)5-8(12)7-26-15(28)17(25-16(26)29)11-6-10(20)2-4-13(11)24-14(17)27/h1-6H,7H2,(H,24,27)(H,25,29)/t17-/m1/s1. The van der Waals surface area contributed by atoms with Crippen molar-refractivity contribution in [3.05, 3.63) is 63.9 Å². The van der Waals surface area contributed by atoms with Gasteiger partial charge in [-0.3, -0.25) is 14.5 Å². The van der Waals surface area contributed by atoms with E-state index in [1.54, 1.807) is 0 Å². The van der Waals surface area contributed by atoms with Crippen molar-refractivity contribution >= 4 is 35.1 Å². The molecule has 0 bridgehead atoms. The van der Waals surface area contributed by atoms with Crippen LogP contribution in [0, 0.1) is 5.82 Å². The third-order valence-corrected chi connectivity index (χ3v) is 5.15. The molecule has 2 aliphatic heterocycles. The molecule has 1 fully saturated rings. The second-order valence-electron chi connectivity index (χ2n) is 6.52. The predicted octanol–water partition coefficient (Wildman–Crippen LogP) is 3.40. The Hall–Kier alpha value is -3.14. The number of carbonyl (C=O) groups is 3. The van der Waals surface area contributed by atoms with Gasteiger partial charge in [-0.05, 0) is 42.0 Å². The summed E-state index contributed by atoms with van der Waals surface area (Å²) in [7, 11) is 0. The van der Waals surface area contributed by atoms with E-state index in [-0.39, 0.29) is 21.8 Å². The number of imide groups is 1. The van der Waals surface area contributed by atoms with Crippen LogP contribution in [0.25, 0.3) is 0 Å². The number of hydrogen-bond donors (Lipinski definition) is 2. The van der Waals surface area contributed by atoms with E-state index < -0.39 is 47.5 Å². The van der Waals surface area contributed by atoms with E-state index in [1.807, 2.05) is 0 Å². The largest absolute Gasteiger partial charge is 0.416 e. The normalized spacial score (nSPS) is 20.9. The Kier molecular flexibility index (Phi) is 4.09. The molecule has 2 aromatic carbocycles. The number of urea groups is 1. The minimum absolute atomic E-state index is 0.0847. The van der Waals surface area contributed by atoms with Crippen LogP contribution >= 0.6 is 11.6 Å². The van der Waals surface area contributed by atoms with Crippen LogP contribution in [-0.4, -0.2) is 22.7 Å². The summed E-state index contributed by atoms with van der Waals surface area (Å²) in [4.78, 5) is 38.5. The van der Waals surface area contributed by atoms with Gasteiger partial charge in [0.05, 0.1) is 12.1 Å². The number of benzene rings is 2. The fourth-order valence-corrected chi connectivity index (χ4v) is 3.55. The molecule has 1 atom stereocenters. The highest BCUT2D eigenvalue weighted by atomic mass is 35.5. The molecule has 1 saturated heterocycles. The second kappa shape index (κ2) is 6.18. The molecular formula is C18H10ClF4N3O3. The highest BCUT2D eigenvalue weighted by Gasteiger charge is 2.61. The summed E-state index contributed by atoms with van der Waals surface area (Å²) < 4.78 is 52.6. The molecule has 0 radical (unpaired) electrons. The molecule has 0 saturated carbocycles. The van der Waals surface area contributed by atoms with Gasteiger partial charge >= 0.3 is 12.2 Å². The van der Waals surface area contributed by atoms with Gasteiger partial charge in [0.25, 0.3) is 11.8 Å². The van der Waals surface area contributed by atoms with E-state index in [9.17, 15) is 31.9 Å². The van der Waals surface area contributed by atoms with Crippen LogP contribution in [0.5, 0.6) is 0 Å². The number of hydrogen-bond acceptors (Lipinski definition) is 3. The number of alkyl halides is 3. The maximum atomic E-state index is 13.7. The first-order valence-electron chi connectivity index (χ1n) is 8.15. The van der Waals surface area contributed by atoms with E-state index in [0.717, 1.165) is 30.3 Å². The van der Waals surface area contributed by atoms with E-state index in [1.165, 1.54) is 6.07 Å². The Balaban J connectivity index is 1.73. The highest BCUT2D eigenvalue weighted by molar-refractivity contribution is 6.31. The molecule has 150 valence electrons. The fraction of sp³-hybridized carbons (Fsp3) is 0.167. The van der Waals surface area contributed by atoms with Crippen molar-refractivity contribution in [2.24, 2.45) is 0 Å². The van der Waals surface area contributed by atoms with E-state index in [2.05, 4.69) is 10.6 Å². The number of anilines is 1. The van der Waals surface area contributed by atoms with Gasteiger partial charge in [0, 0.05) is 16.3 Å². The lowest BCUT2D eigenvalue weighted by Crippen LogP contribution is -2.49. The molecule has 4 amide bonds. The molecule has 1 spiro atoms. The van der Waals surface area contributed by atoms with Gasteiger partial charge in [-0.15, -0.1) is 0 Å². The van der Waals surface area contributed by atoms with Gasteiger partial charge in [-0.25, -0.2) is 9.18 Å². The first-order valence-corrected chi connectivity index (χ1v) is 8.53. The fourth-order valence-electron chi connectivity index (χ4n) is 3.37. The summed E-state index contributed by atoms with van der Waals surface area (Å²) in [6.07, 6.45) is -4.65. The van der Waals surface area contributed by atoms with Crippen molar-refractivity contribution in [3.63, 3.8) is 0 Å². The molecule has 6 nitrogen and oxygen atoms in total. The zero-order valence-electron chi connectivity index (χ0n) is 14.2. The van der Waals surface area contributed by atoms with Crippen molar-refractivity contribution in [1.82, 2.24) is 10.2 Å². The molecule has 0 aliphatic carbocycles. The Bertz CT molecular complexity index is 1090. The van der Waals surface area contributed by atoms with Crippen LogP contribution in [0.1, 0.15) is 16.7 Å². The van der Waals surface area contributed by atoms with E-state index in [0.29, 0.717) is 4.90 Å². The van der Waals surface area contributed by atoms with Gasteiger partial charge in [-0.2, -0.15) is 13.2 Å².